The van der Waals surface area contributed by atoms with Gasteiger partial charge in [-0.2, -0.15) is 5.10 Å². The molecule has 1 heterocycles. The van der Waals surface area contributed by atoms with E-state index in [1.807, 2.05) is 25.1 Å². The van der Waals surface area contributed by atoms with Gasteiger partial charge in [0.25, 0.3) is 22.9 Å². The molecule has 0 spiro atoms. The number of nitrogens with one attached hydrogen (secondary N) is 2. The van der Waals surface area contributed by atoms with Gasteiger partial charge >= 0.3 is 0 Å². The van der Waals surface area contributed by atoms with Gasteiger partial charge in [-0.15, -0.1) is 10.2 Å². The second-order valence-corrected chi connectivity index (χ2v) is 10.0. The standard InChI is InChI=1S/C28H25Cl2N5O6S/c1-2-38-24-12-18(8-10-23(24)39-15-25(36)32-20-6-4-3-5-7-20)14-31-33-26(37)17-42-28-35-34-27(41-28)16-40-22-11-9-19(29)13-21(22)30/h3-14H,2,15-17H2,1H3,(H,32,36)(H,33,37)/b31-14-. The molecule has 14 heteroatoms. The fraction of sp³-hybridized carbons (Fsp3) is 0.179. The fourth-order valence-electron chi connectivity index (χ4n) is 3.28. The molecule has 0 saturated carbocycles. The highest BCUT2D eigenvalue weighted by atomic mass is 35.5. The Labute approximate surface area is 255 Å². The lowest BCUT2D eigenvalue weighted by Gasteiger charge is -2.12. The number of benzene rings is 3. The summed E-state index contributed by atoms with van der Waals surface area (Å²) in [6, 6.07) is 19.0. The Kier molecular flexibility index (Phi) is 11.4. The van der Waals surface area contributed by atoms with E-state index in [1.165, 1.54) is 6.21 Å². The molecule has 0 aliphatic rings. The number of hydrogen-bond acceptors (Lipinski definition) is 10. The Bertz CT molecular complexity index is 1540. The molecular formula is C28H25Cl2N5O6S. The van der Waals surface area contributed by atoms with Crippen LogP contribution < -0.4 is 25.0 Å². The lowest BCUT2D eigenvalue weighted by atomic mass is 10.2. The van der Waals surface area contributed by atoms with Crippen LogP contribution in [-0.2, 0) is 16.2 Å². The average molecular weight is 631 g/mol. The summed E-state index contributed by atoms with van der Waals surface area (Å²) in [6.45, 7) is 2.03. The van der Waals surface area contributed by atoms with Gasteiger partial charge in [0.05, 0.1) is 23.6 Å². The molecule has 0 aliphatic carbocycles. The van der Waals surface area contributed by atoms with Crippen molar-refractivity contribution in [3.05, 3.63) is 88.2 Å². The van der Waals surface area contributed by atoms with Crippen molar-refractivity contribution in [2.24, 2.45) is 5.10 Å². The summed E-state index contributed by atoms with van der Waals surface area (Å²) in [6.07, 6.45) is 1.46. The molecule has 0 atom stereocenters. The molecule has 0 bridgehead atoms. The zero-order chi connectivity index (χ0) is 29.7. The van der Waals surface area contributed by atoms with Crippen LogP contribution in [0.5, 0.6) is 17.2 Å². The maximum atomic E-state index is 12.2. The number of anilines is 1. The zero-order valence-electron chi connectivity index (χ0n) is 22.2. The predicted molar refractivity (Wildman–Crippen MR) is 160 cm³/mol. The first-order chi connectivity index (χ1) is 20.4. The molecule has 11 nitrogen and oxygen atoms in total. The normalized spacial score (nSPS) is 10.8. The van der Waals surface area contributed by atoms with Gasteiger partial charge in [0.1, 0.15) is 5.75 Å². The quantitative estimate of drug-likeness (QED) is 0.103. The summed E-state index contributed by atoms with van der Waals surface area (Å²) < 4.78 is 22.3. The van der Waals surface area contributed by atoms with Gasteiger partial charge in [-0.05, 0) is 61.0 Å². The minimum atomic E-state index is -0.380. The first-order valence-corrected chi connectivity index (χ1v) is 14.2. The van der Waals surface area contributed by atoms with Gasteiger partial charge in [0.15, 0.2) is 24.7 Å². The number of carbonyl (C=O) groups excluding carboxylic acids is 2. The summed E-state index contributed by atoms with van der Waals surface area (Å²) in [4.78, 5) is 24.4. The number of amides is 2. The molecule has 0 saturated heterocycles. The van der Waals surface area contributed by atoms with Crippen LogP contribution in [0.15, 0.2) is 81.5 Å². The van der Waals surface area contributed by atoms with E-state index < -0.39 is 0 Å². The van der Waals surface area contributed by atoms with Crippen molar-refractivity contribution in [3.8, 4) is 17.2 Å². The summed E-state index contributed by atoms with van der Waals surface area (Å²) in [5, 5.41) is 15.6. The van der Waals surface area contributed by atoms with Gasteiger partial charge in [0, 0.05) is 10.7 Å². The van der Waals surface area contributed by atoms with Gasteiger partial charge < -0.3 is 23.9 Å². The second-order valence-electron chi connectivity index (χ2n) is 8.25. The maximum absolute atomic E-state index is 12.2. The van der Waals surface area contributed by atoms with E-state index in [4.69, 9.17) is 41.8 Å². The minimum Gasteiger partial charge on any atom is -0.490 e. The number of aromatic nitrogens is 2. The van der Waals surface area contributed by atoms with Gasteiger partial charge in [-0.1, -0.05) is 53.2 Å². The van der Waals surface area contributed by atoms with E-state index >= 15 is 0 Å². The van der Waals surface area contributed by atoms with E-state index in [0.717, 1.165) is 11.8 Å². The Morgan fingerprint density at radius 1 is 0.952 bits per heavy atom. The second kappa shape index (κ2) is 15.7. The predicted octanol–water partition coefficient (Wildman–Crippen LogP) is 5.61. The first-order valence-electron chi connectivity index (χ1n) is 12.5. The number of carbonyl (C=O) groups is 2. The molecule has 0 aliphatic heterocycles. The maximum Gasteiger partial charge on any atom is 0.277 e. The Balaban J connectivity index is 1.22. The first kappa shape index (κ1) is 30.7. The Hall–Kier alpha value is -4.26. The third-order valence-electron chi connectivity index (χ3n) is 5.11. The van der Waals surface area contributed by atoms with Crippen LogP contribution in [0, 0.1) is 0 Å². The number of para-hydroxylation sites is 1. The number of nitrogens with zero attached hydrogens (tertiary/aromatic N) is 3. The Morgan fingerprint density at radius 3 is 2.55 bits per heavy atom. The number of rotatable bonds is 14. The number of hydrogen-bond donors (Lipinski definition) is 2. The molecule has 0 fully saturated rings. The van der Waals surface area contributed by atoms with Crippen LogP contribution in [0.1, 0.15) is 18.4 Å². The number of halogens is 2. The monoisotopic (exact) mass is 629 g/mol. The van der Waals surface area contributed by atoms with E-state index in [1.54, 1.807) is 48.5 Å². The molecule has 1 aromatic heterocycles. The van der Waals surface area contributed by atoms with Crippen LogP contribution in [0.2, 0.25) is 10.0 Å². The molecule has 218 valence electrons. The molecule has 0 unspecified atom stereocenters. The van der Waals surface area contributed by atoms with E-state index in [0.29, 0.717) is 45.2 Å². The summed E-state index contributed by atoms with van der Waals surface area (Å²) in [7, 11) is 0. The highest BCUT2D eigenvalue weighted by molar-refractivity contribution is 7.99. The molecule has 2 N–H and O–H groups in total. The van der Waals surface area contributed by atoms with E-state index in [9.17, 15) is 9.59 Å². The van der Waals surface area contributed by atoms with Gasteiger partial charge in [-0.3, -0.25) is 9.59 Å². The topological polar surface area (TPSA) is 137 Å². The summed E-state index contributed by atoms with van der Waals surface area (Å²) >= 11 is 13.0. The van der Waals surface area contributed by atoms with Crippen molar-refractivity contribution in [1.29, 1.82) is 0 Å². The van der Waals surface area contributed by atoms with Gasteiger partial charge in [-0.25, -0.2) is 5.43 Å². The molecule has 4 aromatic rings. The molecule has 42 heavy (non-hydrogen) atoms. The zero-order valence-corrected chi connectivity index (χ0v) is 24.5. The molecule has 2 amide bonds. The number of thioether (sulfide) groups is 1. The van der Waals surface area contributed by atoms with Crippen molar-refractivity contribution in [2.45, 2.75) is 18.8 Å². The molecule has 4 rings (SSSR count). The van der Waals surface area contributed by atoms with Crippen LogP contribution in [0.3, 0.4) is 0 Å². The smallest absolute Gasteiger partial charge is 0.277 e. The van der Waals surface area contributed by atoms with Crippen LogP contribution in [0.4, 0.5) is 5.69 Å². The van der Waals surface area contributed by atoms with E-state index in [-0.39, 0.29) is 41.9 Å². The van der Waals surface area contributed by atoms with Crippen molar-refractivity contribution >= 4 is 58.7 Å². The molecule has 3 aromatic carbocycles. The molecular weight excluding hydrogens is 605 g/mol. The number of hydrazone groups is 1. The minimum absolute atomic E-state index is 0.000149. The van der Waals surface area contributed by atoms with Gasteiger partial charge in [0.2, 0.25) is 0 Å². The van der Waals surface area contributed by atoms with Crippen molar-refractivity contribution in [2.75, 3.05) is 24.3 Å². The lowest BCUT2D eigenvalue weighted by Crippen LogP contribution is -2.20. The van der Waals surface area contributed by atoms with Crippen LogP contribution in [0.25, 0.3) is 0 Å². The molecule has 0 radical (unpaired) electrons. The third kappa shape index (κ3) is 9.68. The Morgan fingerprint density at radius 2 is 1.76 bits per heavy atom. The summed E-state index contributed by atoms with van der Waals surface area (Å²) in [5.41, 5.74) is 3.76. The van der Waals surface area contributed by atoms with Crippen molar-refractivity contribution in [3.63, 3.8) is 0 Å². The fourth-order valence-corrected chi connectivity index (χ4v) is 4.32. The van der Waals surface area contributed by atoms with E-state index in [2.05, 4.69) is 26.0 Å². The average Bonchev–Trinajstić information content (AvgIpc) is 3.44. The van der Waals surface area contributed by atoms with Crippen molar-refractivity contribution in [1.82, 2.24) is 15.6 Å². The van der Waals surface area contributed by atoms with Crippen LogP contribution >= 0.6 is 35.0 Å². The SMILES string of the molecule is CCOc1cc(/C=N\NC(=O)CSc2nnc(COc3ccc(Cl)cc3Cl)o2)ccc1OCC(=O)Nc1ccccc1. The number of ether oxygens (including phenoxy) is 3. The van der Waals surface area contributed by atoms with Crippen molar-refractivity contribution < 1.29 is 28.2 Å². The highest BCUT2D eigenvalue weighted by Gasteiger charge is 2.12. The summed E-state index contributed by atoms with van der Waals surface area (Å²) in [5.74, 6) is 0.787. The largest absolute Gasteiger partial charge is 0.490 e. The third-order valence-corrected chi connectivity index (χ3v) is 6.46. The highest BCUT2D eigenvalue weighted by Crippen LogP contribution is 2.29. The lowest BCUT2D eigenvalue weighted by molar-refractivity contribution is -0.119. The van der Waals surface area contributed by atoms with Crippen LogP contribution in [-0.4, -0.2) is 47.2 Å².